The lowest BCUT2D eigenvalue weighted by Crippen LogP contribution is -2.49. The summed E-state index contributed by atoms with van der Waals surface area (Å²) in [5, 5.41) is 4.82. The number of carbonyl (C=O) groups is 3. The molecule has 0 saturated carbocycles. The van der Waals surface area contributed by atoms with Gasteiger partial charge in [0.05, 0.1) is 5.69 Å². The minimum atomic E-state index is -0.956. The highest BCUT2D eigenvalue weighted by Gasteiger charge is 2.37. The second-order valence-electron chi connectivity index (χ2n) is 8.31. The van der Waals surface area contributed by atoms with Gasteiger partial charge in [-0.05, 0) is 68.4 Å². The summed E-state index contributed by atoms with van der Waals surface area (Å²) in [5.74, 6) is -1.70. The molecule has 0 aliphatic rings. The molecule has 1 atom stereocenters. The van der Waals surface area contributed by atoms with Crippen molar-refractivity contribution in [3.63, 3.8) is 0 Å². The first kappa shape index (κ1) is 23.4. The standard InChI is InChI=1S/C22H25N5O3S2/c1-12-7-5-8-13(11-12)27(21(30)18-15(23)16(19(24)28)26-32-18)17(14-9-6-10-31-14)20(29)25-22(2,3)4/h5-11,17H,23H2,1-4H3,(H2,24,28)(H,25,29). The number of nitrogens with two attached hydrogens (primary N) is 2. The molecule has 2 heterocycles. The van der Waals surface area contributed by atoms with Gasteiger partial charge in [0, 0.05) is 16.1 Å². The van der Waals surface area contributed by atoms with Gasteiger partial charge < -0.3 is 16.8 Å². The van der Waals surface area contributed by atoms with Gasteiger partial charge in [-0.15, -0.1) is 11.3 Å². The fourth-order valence-electron chi connectivity index (χ4n) is 3.16. The third kappa shape index (κ3) is 4.97. The molecule has 0 saturated heterocycles. The molecular weight excluding hydrogens is 446 g/mol. The summed E-state index contributed by atoms with van der Waals surface area (Å²) in [6.45, 7) is 7.51. The molecule has 168 valence electrons. The van der Waals surface area contributed by atoms with Gasteiger partial charge in [0.15, 0.2) is 11.7 Å². The third-order valence-corrected chi connectivity index (χ3v) is 6.25. The summed E-state index contributed by atoms with van der Waals surface area (Å²) in [7, 11) is 0. The van der Waals surface area contributed by atoms with Gasteiger partial charge in [-0.1, -0.05) is 18.2 Å². The maximum Gasteiger partial charge on any atom is 0.273 e. The molecule has 0 radical (unpaired) electrons. The molecular formula is C22H25N5O3S2. The Kier molecular flexibility index (Phi) is 6.65. The minimum absolute atomic E-state index is 0.0467. The maximum atomic E-state index is 13.8. The van der Waals surface area contributed by atoms with Crippen LogP contribution in [0.2, 0.25) is 0 Å². The number of aryl methyl sites for hydroxylation is 1. The fourth-order valence-corrected chi connectivity index (χ4v) is 4.71. The summed E-state index contributed by atoms with van der Waals surface area (Å²) in [6.07, 6.45) is 0. The van der Waals surface area contributed by atoms with Crippen molar-refractivity contribution >= 4 is 52.0 Å². The highest BCUT2D eigenvalue weighted by atomic mass is 32.1. The number of hydrogen-bond donors (Lipinski definition) is 3. The van der Waals surface area contributed by atoms with Crippen LogP contribution in [0.5, 0.6) is 0 Å². The predicted molar refractivity (Wildman–Crippen MR) is 128 cm³/mol. The summed E-state index contributed by atoms with van der Waals surface area (Å²) in [6, 6.07) is 9.94. The largest absolute Gasteiger partial charge is 0.395 e. The monoisotopic (exact) mass is 471 g/mol. The van der Waals surface area contributed by atoms with Gasteiger partial charge in [0.25, 0.3) is 11.8 Å². The number of carbonyl (C=O) groups excluding carboxylic acids is 3. The molecule has 3 rings (SSSR count). The summed E-state index contributed by atoms with van der Waals surface area (Å²) in [5.41, 5.74) is 12.0. The van der Waals surface area contributed by atoms with Crippen LogP contribution in [0.3, 0.4) is 0 Å². The Labute approximate surface area is 194 Å². The summed E-state index contributed by atoms with van der Waals surface area (Å²) >= 11 is 2.15. The molecule has 10 heteroatoms. The predicted octanol–water partition coefficient (Wildman–Crippen LogP) is 3.50. The molecule has 0 aliphatic carbocycles. The normalized spacial score (nSPS) is 12.2. The average Bonchev–Trinajstić information content (AvgIpc) is 3.33. The fraction of sp³-hybridized carbons (Fsp3) is 0.273. The van der Waals surface area contributed by atoms with E-state index in [9.17, 15) is 14.4 Å². The van der Waals surface area contributed by atoms with E-state index in [2.05, 4.69) is 9.69 Å². The minimum Gasteiger partial charge on any atom is -0.395 e. The van der Waals surface area contributed by atoms with E-state index in [1.54, 1.807) is 12.1 Å². The van der Waals surface area contributed by atoms with E-state index in [1.807, 2.05) is 57.3 Å². The van der Waals surface area contributed by atoms with Crippen LogP contribution < -0.4 is 21.7 Å². The molecule has 1 unspecified atom stereocenters. The zero-order chi connectivity index (χ0) is 23.6. The number of nitrogens with one attached hydrogen (secondary N) is 1. The van der Waals surface area contributed by atoms with E-state index >= 15 is 0 Å². The molecule has 2 aromatic heterocycles. The number of thiophene rings is 1. The van der Waals surface area contributed by atoms with Crippen molar-refractivity contribution in [3.05, 3.63) is 62.8 Å². The molecule has 0 aliphatic heterocycles. The van der Waals surface area contributed by atoms with Gasteiger partial charge in [-0.2, -0.15) is 4.37 Å². The molecule has 5 N–H and O–H groups in total. The first-order chi connectivity index (χ1) is 15.0. The topological polar surface area (TPSA) is 131 Å². The molecule has 1 aromatic carbocycles. The lowest BCUT2D eigenvalue weighted by atomic mass is 10.1. The molecule has 32 heavy (non-hydrogen) atoms. The number of rotatable bonds is 6. The highest BCUT2D eigenvalue weighted by molar-refractivity contribution is 7.10. The van der Waals surface area contributed by atoms with Crippen LogP contribution in [-0.2, 0) is 4.79 Å². The molecule has 3 aromatic rings. The second kappa shape index (κ2) is 9.09. The number of nitrogens with zero attached hydrogens (tertiary/aromatic N) is 2. The van der Waals surface area contributed by atoms with Gasteiger partial charge in [-0.25, -0.2) is 0 Å². The van der Waals surface area contributed by atoms with E-state index < -0.39 is 23.4 Å². The Balaban J connectivity index is 2.19. The molecule has 3 amide bonds. The zero-order valence-electron chi connectivity index (χ0n) is 18.2. The Morgan fingerprint density at radius 3 is 2.41 bits per heavy atom. The smallest absolute Gasteiger partial charge is 0.273 e. The SMILES string of the molecule is Cc1cccc(N(C(=O)c2snc(C(N)=O)c2N)C(C(=O)NC(C)(C)C)c2cccs2)c1. The Morgan fingerprint density at radius 2 is 1.88 bits per heavy atom. The van der Waals surface area contributed by atoms with Gasteiger partial charge in [0.2, 0.25) is 5.91 Å². The lowest BCUT2D eigenvalue weighted by molar-refractivity contribution is -0.123. The number of hydrogen-bond acceptors (Lipinski definition) is 7. The van der Waals surface area contributed by atoms with E-state index in [0.29, 0.717) is 10.6 Å². The van der Waals surface area contributed by atoms with Gasteiger partial charge in [-0.3, -0.25) is 19.3 Å². The Hall–Kier alpha value is -3.24. The molecule has 0 fully saturated rings. The number of primary amides is 1. The number of nitrogen functional groups attached to an aromatic ring is 1. The van der Waals surface area contributed by atoms with Crippen molar-refractivity contribution in [2.75, 3.05) is 10.6 Å². The van der Waals surface area contributed by atoms with E-state index in [1.165, 1.54) is 16.2 Å². The zero-order valence-corrected chi connectivity index (χ0v) is 19.8. The van der Waals surface area contributed by atoms with Crippen LogP contribution in [0, 0.1) is 6.92 Å². The molecule has 0 spiro atoms. The van der Waals surface area contributed by atoms with Crippen LogP contribution >= 0.6 is 22.9 Å². The number of benzene rings is 1. The Morgan fingerprint density at radius 1 is 1.16 bits per heavy atom. The van der Waals surface area contributed by atoms with Gasteiger partial charge >= 0.3 is 0 Å². The van der Waals surface area contributed by atoms with Crippen LogP contribution in [0.4, 0.5) is 11.4 Å². The van der Waals surface area contributed by atoms with Crippen molar-refractivity contribution in [2.45, 2.75) is 39.3 Å². The summed E-state index contributed by atoms with van der Waals surface area (Å²) < 4.78 is 3.95. The van der Waals surface area contributed by atoms with Crippen LogP contribution in [0.15, 0.2) is 41.8 Å². The van der Waals surface area contributed by atoms with Crippen molar-refractivity contribution in [1.82, 2.24) is 9.69 Å². The van der Waals surface area contributed by atoms with Crippen molar-refractivity contribution < 1.29 is 14.4 Å². The van der Waals surface area contributed by atoms with E-state index in [0.717, 1.165) is 17.1 Å². The second-order valence-corrected chi connectivity index (χ2v) is 10.1. The highest BCUT2D eigenvalue weighted by Crippen LogP contribution is 2.35. The molecule has 8 nitrogen and oxygen atoms in total. The van der Waals surface area contributed by atoms with Crippen LogP contribution in [-0.4, -0.2) is 27.6 Å². The van der Waals surface area contributed by atoms with Crippen molar-refractivity contribution in [3.8, 4) is 0 Å². The number of amides is 3. The quantitative estimate of drug-likeness (QED) is 0.506. The van der Waals surface area contributed by atoms with Crippen molar-refractivity contribution in [1.29, 1.82) is 0 Å². The first-order valence-electron chi connectivity index (χ1n) is 9.80. The summed E-state index contributed by atoms with van der Waals surface area (Å²) in [4.78, 5) is 41.0. The van der Waals surface area contributed by atoms with Crippen LogP contribution in [0.1, 0.15) is 57.4 Å². The molecule has 0 bridgehead atoms. The number of aromatic nitrogens is 1. The Bertz CT molecular complexity index is 1150. The van der Waals surface area contributed by atoms with E-state index in [-0.39, 0.29) is 22.2 Å². The maximum absolute atomic E-state index is 13.8. The lowest BCUT2D eigenvalue weighted by Gasteiger charge is -2.33. The first-order valence-corrected chi connectivity index (χ1v) is 11.5. The van der Waals surface area contributed by atoms with Crippen molar-refractivity contribution in [2.24, 2.45) is 5.73 Å². The average molecular weight is 472 g/mol. The van der Waals surface area contributed by atoms with E-state index in [4.69, 9.17) is 11.5 Å². The third-order valence-electron chi connectivity index (χ3n) is 4.47. The van der Waals surface area contributed by atoms with Gasteiger partial charge in [0.1, 0.15) is 4.88 Å². The van der Waals surface area contributed by atoms with Crippen LogP contribution in [0.25, 0.3) is 0 Å². The number of anilines is 2.